The van der Waals surface area contributed by atoms with Crippen molar-refractivity contribution >= 4 is 42.1 Å². The van der Waals surface area contributed by atoms with Crippen molar-refractivity contribution in [1.29, 1.82) is 0 Å². The molecular formula is C26H28N6O4S. The first-order chi connectivity index (χ1) is 17.5. The maximum Gasteiger partial charge on any atom is 0.415 e. The lowest BCUT2D eigenvalue weighted by Gasteiger charge is -2.31. The number of likely N-dealkylation sites (tertiary alicyclic amines) is 1. The summed E-state index contributed by atoms with van der Waals surface area (Å²) in [6.07, 6.45) is 0.120. The molecule has 2 aromatic carbocycles. The number of nitrogens with zero attached hydrogens (tertiary/aromatic N) is 6. The number of benzene rings is 2. The molecule has 4 aromatic rings. The lowest BCUT2D eigenvalue weighted by molar-refractivity contribution is -0.139. The van der Waals surface area contributed by atoms with Gasteiger partial charge in [-0.3, -0.25) is 14.4 Å². The molecule has 6 rings (SSSR count). The van der Waals surface area contributed by atoms with E-state index in [0.29, 0.717) is 37.6 Å². The molecule has 4 heterocycles. The molecule has 2 aliphatic rings. The second-order valence-electron chi connectivity index (χ2n) is 9.32. The molecule has 0 spiro atoms. The Kier molecular flexibility index (Phi) is 6.63. The van der Waals surface area contributed by atoms with Gasteiger partial charge in [0, 0.05) is 42.7 Å². The van der Waals surface area contributed by atoms with Crippen LogP contribution in [0.25, 0.3) is 22.3 Å². The Bertz CT molecular complexity index is 1440. The van der Waals surface area contributed by atoms with Gasteiger partial charge in [-0.25, -0.2) is 4.79 Å². The van der Waals surface area contributed by atoms with Gasteiger partial charge in [0.2, 0.25) is 11.7 Å². The third-order valence-electron chi connectivity index (χ3n) is 7.05. The number of carbonyl (C=O) groups excluding carboxylic acids is 2. The summed E-state index contributed by atoms with van der Waals surface area (Å²) < 4.78 is 12.9. The van der Waals surface area contributed by atoms with Crippen molar-refractivity contribution in [3.05, 3.63) is 60.1 Å². The van der Waals surface area contributed by atoms with E-state index < -0.39 is 12.2 Å². The summed E-state index contributed by atoms with van der Waals surface area (Å²) in [5.74, 6) is 1.04. The Labute approximate surface area is 220 Å². The monoisotopic (exact) mass is 520 g/mol. The smallest absolute Gasteiger partial charge is 0.415 e. The minimum absolute atomic E-state index is 0. The molecule has 37 heavy (non-hydrogen) atoms. The highest BCUT2D eigenvalue weighted by atomic mass is 32.1. The molecule has 1 atom stereocenters. The Morgan fingerprint density at radius 3 is 2.59 bits per heavy atom. The maximum absolute atomic E-state index is 13.1. The minimum atomic E-state index is -0.796. The SMILES string of the molecule is Cc1nn(C)c2cc(-c3noc(C4CCN(C(=O)[C@@H]5CN(c6ccccc6)C(=O)O5)CC4)n3)ccc12.S. The zero-order chi connectivity index (χ0) is 24.8. The van der Waals surface area contributed by atoms with Crippen molar-refractivity contribution in [2.45, 2.75) is 31.8 Å². The van der Waals surface area contributed by atoms with Crippen LogP contribution in [0.4, 0.5) is 10.5 Å². The molecule has 10 nitrogen and oxygen atoms in total. The Morgan fingerprint density at radius 1 is 1.08 bits per heavy atom. The van der Waals surface area contributed by atoms with Crippen molar-refractivity contribution in [2.24, 2.45) is 7.05 Å². The zero-order valence-corrected chi connectivity index (χ0v) is 21.6. The number of hydrogen-bond donors (Lipinski definition) is 0. The lowest BCUT2D eigenvalue weighted by Crippen LogP contribution is -2.45. The van der Waals surface area contributed by atoms with Gasteiger partial charge < -0.3 is 14.2 Å². The van der Waals surface area contributed by atoms with Gasteiger partial charge in [-0.1, -0.05) is 35.5 Å². The Hall–Kier alpha value is -3.86. The molecule has 0 aliphatic carbocycles. The quantitative estimate of drug-likeness (QED) is 0.403. The van der Waals surface area contributed by atoms with Gasteiger partial charge in [0.1, 0.15) is 0 Å². The van der Waals surface area contributed by atoms with Crippen molar-refractivity contribution in [3.8, 4) is 11.4 Å². The topological polar surface area (TPSA) is 107 Å². The van der Waals surface area contributed by atoms with Crippen LogP contribution in [0.5, 0.6) is 0 Å². The summed E-state index contributed by atoms with van der Waals surface area (Å²) in [6.45, 7) is 3.29. The second-order valence-corrected chi connectivity index (χ2v) is 9.32. The highest BCUT2D eigenvalue weighted by Crippen LogP contribution is 2.31. The number of carbonyl (C=O) groups is 2. The van der Waals surface area contributed by atoms with Gasteiger partial charge in [0.05, 0.1) is 17.8 Å². The van der Waals surface area contributed by atoms with Crippen LogP contribution in [0, 0.1) is 6.92 Å². The first kappa shape index (κ1) is 24.8. The van der Waals surface area contributed by atoms with Crippen LogP contribution in [0.1, 0.15) is 30.3 Å². The summed E-state index contributed by atoms with van der Waals surface area (Å²) in [6, 6.07) is 15.3. The molecule has 2 saturated heterocycles. The first-order valence-electron chi connectivity index (χ1n) is 12.1. The zero-order valence-electron chi connectivity index (χ0n) is 20.6. The summed E-state index contributed by atoms with van der Waals surface area (Å²) in [5.41, 5.74) is 3.59. The van der Waals surface area contributed by atoms with Crippen LogP contribution in [-0.2, 0) is 16.6 Å². The number of fused-ring (bicyclic) bond motifs is 1. The van der Waals surface area contributed by atoms with Crippen LogP contribution in [-0.4, -0.2) is 62.6 Å². The number of cyclic esters (lactones) is 1. The Balaban J connectivity index is 0.00000280. The summed E-state index contributed by atoms with van der Waals surface area (Å²) in [7, 11) is 1.92. The fourth-order valence-corrected chi connectivity index (χ4v) is 5.06. The fourth-order valence-electron chi connectivity index (χ4n) is 5.06. The molecule has 2 fully saturated rings. The second kappa shape index (κ2) is 9.89. The molecule has 0 saturated carbocycles. The van der Waals surface area contributed by atoms with Crippen molar-refractivity contribution in [3.63, 3.8) is 0 Å². The average molecular weight is 521 g/mol. The van der Waals surface area contributed by atoms with E-state index >= 15 is 0 Å². The summed E-state index contributed by atoms with van der Waals surface area (Å²) >= 11 is 0. The van der Waals surface area contributed by atoms with Gasteiger partial charge in [0.25, 0.3) is 5.91 Å². The third-order valence-corrected chi connectivity index (χ3v) is 7.05. The molecule has 192 valence electrons. The minimum Gasteiger partial charge on any atom is -0.434 e. The largest absolute Gasteiger partial charge is 0.434 e. The molecule has 2 amide bonds. The lowest BCUT2D eigenvalue weighted by atomic mass is 9.96. The number of ether oxygens (including phenoxy) is 1. The van der Waals surface area contributed by atoms with E-state index in [-0.39, 0.29) is 31.9 Å². The van der Waals surface area contributed by atoms with Gasteiger partial charge in [0.15, 0.2) is 6.10 Å². The van der Waals surface area contributed by atoms with E-state index in [4.69, 9.17) is 9.26 Å². The number of para-hydroxylation sites is 1. The molecule has 0 unspecified atom stereocenters. The number of anilines is 1. The van der Waals surface area contributed by atoms with Gasteiger partial charge in [-0.15, -0.1) is 0 Å². The highest BCUT2D eigenvalue weighted by Gasteiger charge is 2.40. The van der Waals surface area contributed by atoms with Crippen molar-refractivity contribution in [2.75, 3.05) is 24.5 Å². The van der Waals surface area contributed by atoms with Gasteiger partial charge in [-0.2, -0.15) is 23.6 Å². The third kappa shape index (κ3) is 4.55. The molecular weight excluding hydrogens is 492 g/mol. The predicted octanol–water partition coefficient (Wildman–Crippen LogP) is 3.78. The average Bonchev–Trinajstić information content (AvgIpc) is 3.62. The number of aryl methyl sites for hydroxylation is 2. The van der Waals surface area contributed by atoms with Crippen molar-refractivity contribution < 1.29 is 18.8 Å². The number of rotatable bonds is 4. The predicted molar refractivity (Wildman–Crippen MR) is 142 cm³/mol. The Morgan fingerprint density at radius 2 is 1.84 bits per heavy atom. The van der Waals surface area contributed by atoms with Gasteiger partial charge in [-0.05, 0) is 38.0 Å². The van der Waals surface area contributed by atoms with Crippen LogP contribution in [0.2, 0.25) is 0 Å². The molecule has 2 aromatic heterocycles. The van der Waals surface area contributed by atoms with E-state index in [1.165, 1.54) is 4.90 Å². The standard InChI is InChI=1S/C26H26N6O4.H2S/c1-16-20-9-8-18(14-21(20)30(2)28-16)23-27-24(36-29-23)17-10-12-31(13-11-17)25(33)22-15-32(26(34)35-22)19-6-4-3-5-7-19;/h3-9,14,17,22H,10-13,15H2,1-2H3;1H2/t22-;/m0./s1. The van der Waals surface area contributed by atoms with Crippen molar-refractivity contribution in [1.82, 2.24) is 24.8 Å². The van der Waals surface area contributed by atoms with E-state index in [1.807, 2.05) is 67.2 Å². The molecule has 11 heteroatoms. The van der Waals surface area contributed by atoms with Crippen LogP contribution >= 0.6 is 13.5 Å². The van der Waals surface area contributed by atoms with E-state index in [1.54, 1.807) is 4.90 Å². The normalized spacial score (nSPS) is 18.2. The summed E-state index contributed by atoms with van der Waals surface area (Å²) in [5, 5.41) is 9.77. The number of amides is 2. The van der Waals surface area contributed by atoms with Crippen LogP contribution < -0.4 is 4.90 Å². The maximum atomic E-state index is 13.1. The molecule has 0 radical (unpaired) electrons. The van der Waals surface area contributed by atoms with E-state index in [9.17, 15) is 9.59 Å². The fraction of sp³-hybridized carbons (Fsp3) is 0.346. The molecule has 0 bridgehead atoms. The molecule has 2 aliphatic heterocycles. The number of aromatic nitrogens is 4. The van der Waals surface area contributed by atoms with Crippen LogP contribution in [0.15, 0.2) is 53.1 Å². The van der Waals surface area contributed by atoms with Crippen LogP contribution in [0.3, 0.4) is 0 Å². The van der Waals surface area contributed by atoms with E-state index in [2.05, 4.69) is 15.2 Å². The molecule has 0 N–H and O–H groups in total. The number of piperidine rings is 1. The van der Waals surface area contributed by atoms with Gasteiger partial charge >= 0.3 is 6.09 Å². The highest BCUT2D eigenvalue weighted by molar-refractivity contribution is 7.59. The van der Waals surface area contributed by atoms with E-state index in [0.717, 1.165) is 27.8 Å². The first-order valence-corrected chi connectivity index (χ1v) is 12.1. The number of hydrogen-bond acceptors (Lipinski definition) is 7. The summed E-state index contributed by atoms with van der Waals surface area (Å²) in [4.78, 5) is 33.3.